The number of rotatable bonds is 6. The molecule has 0 bridgehead atoms. The Morgan fingerprint density at radius 2 is 1.89 bits per heavy atom. The second kappa shape index (κ2) is 8.91. The second-order valence-corrected chi connectivity index (χ2v) is 7.36. The summed E-state index contributed by atoms with van der Waals surface area (Å²) in [5, 5.41) is 6.50. The van der Waals surface area contributed by atoms with Crippen molar-refractivity contribution in [3.05, 3.63) is 65.2 Å². The Morgan fingerprint density at radius 1 is 1.19 bits per heavy atom. The molecule has 1 fully saturated rings. The first kappa shape index (κ1) is 19.2. The summed E-state index contributed by atoms with van der Waals surface area (Å²) in [5.74, 6) is -0.000233. The molecule has 0 aliphatic carbocycles. The largest absolute Gasteiger partial charge is 0.336 e. The predicted molar refractivity (Wildman–Crippen MR) is 108 cm³/mol. The van der Waals surface area contributed by atoms with E-state index in [0.29, 0.717) is 18.0 Å². The number of anilines is 1. The molecule has 0 spiro atoms. The van der Waals surface area contributed by atoms with E-state index in [1.807, 2.05) is 37.3 Å². The molecule has 1 saturated heterocycles. The summed E-state index contributed by atoms with van der Waals surface area (Å²) in [6.45, 7) is 2.45. The first-order chi connectivity index (χ1) is 13.0. The molecule has 0 aromatic heterocycles. The van der Waals surface area contributed by atoms with Crippen LogP contribution in [0.3, 0.4) is 0 Å². The van der Waals surface area contributed by atoms with Gasteiger partial charge >= 0.3 is 6.03 Å². The fraction of sp³-hybridized carbons (Fsp3) is 0.333. The predicted octanol–water partition coefficient (Wildman–Crippen LogP) is 3.77. The number of hydrogen-bond acceptors (Lipinski definition) is 2. The smallest absolute Gasteiger partial charge is 0.315 e. The van der Waals surface area contributed by atoms with Crippen LogP contribution in [0, 0.1) is 0 Å². The SMILES string of the molecule is C[C@@H](CCc1ccccc1)NC(=O)N[C@H]1CC(=O)N(c2ccc(Cl)cc2)C1. The summed E-state index contributed by atoms with van der Waals surface area (Å²) in [5.41, 5.74) is 2.05. The molecule has 0 saturated carbocycles. The maximum atomic E-state index is 12.3. The molecule has 2 aromatic carbocycles. The molecule has 3 amide bonds. The zero-order valence-electron chi connectivity index (χ0n) is 15.3. The summed E-state index contributed by atoms with van der Waals surface area (Å²) < 4.78 is 0. The zero-order valence-corrected chi connectivity index (χ0v) is 16.1. The lowest BCUT2D eigenvalue weighted by atomic mass is 10.1. The Hall–Kier alpha value is -2.53. The Morgan fingerprint density at radius 3 is 2.59 bits per heavy atom. The third kappa shape index (κ3) is 5.47. The Labute approximate surface area is 164 Å². The third-order valence-corrected chi connectivity index (χ3v) is 4.94. The highest BCUT2D eigenvalue weighted by Gasteiger charge is 2.31. The van der Waals surface area contributed by atoms with Gasteiger partial charge in [0, 0.05) is 29.7 Å². The fourth-order valence-electron chi connectivity index (χ4n) is 3.23. The number of nitrogens with zero attached hydrogens (tertiary/aromatic N) is 1. The van der Waals surface area contributed by atoms with Crippen molar-refractivity contribution in [2.75, 3.05) is 11.4 Å². The minimum atomic E-state index is -0.230. The lowest BCUT2D eigenvalue weighted by Gasteiger charge is -2.19. The second-order valence-electron chi connectivity index (χ2n) is 6.92. The van der Waals surface area contributed by atoms with Gasteiger partial charge in [-0.3, -0.25) is 4.79 Å². The number of benzene rings is 2. The van der Waals surface area contributed by atoms with Crippen molar-refractivity contribution in [1.29, 1.82) is 0 Å². The van der Waals surface area contributed by atoms with Crippen molar-refractivity contribution in [1.82, 2.24) is 10.6 Å². The summed E-state index contributed by atoms with van der Waals surface area (Å²) in [4.78, 5) is 26.2. The molecule has 1 heterocycles. The number of amides is 3. The summed E-state index contributed by atoms with van der Waals surface area (Å²) in [7, 11) is 0. The van der Waals surface area contributed by atoms with E-state index >= 15 is 0 Å². The lowest BCUT2D eigenvalue weighted by Crippen LogP contribution is -2.46. The first-order valence-electron chi connectivity index (χ1n) is 9.18. The van der Waals surface area contributed by atoms with Crippen LogP contribution in [-0.2, 0) is 11.2 Å². The lowest BCUT2D eigenvalue weighted by molar-refractivity contribution is -0.117. The topological polar surface area (TPSA) is 61.4 Å². The summed E-state index contributed by atoms with van der Waals surface area (Å²) in [6.07, 6.45) is 2.07. The van der Waals surface area contributed by atoms with Gasteiger partial charge in [0.05, 0.1) is 6.04 Å². The number of hydrogen-bond donors (Lipinski definition) is 2. The number of nitrogens with one attached hydrogen (secondary N) is 2. The van der Waals surface area contributed by atoms with E-state index in [9.17, 15) is 9.59 Å². The highest BCUT2D eigenvalue weighted by atomic mass is 35.5. The van der Waals surface area contributed by atoms with E-state index in [2.05, 4.69) is 22.8 Å². The van der Waals surface area contributed by atoms with Crippen LogP contribution >= 0.6 is 11.6 Å². The van der Waals surface area contributed by atoms with Crippen LogP contribution in [0.1, 0.15) is 25.3 Å². The molecule has 1 aliphatic heterocycles. The average Bonchev–Trinajstić information content (AvgIpc) is 3.01. The molecular formula is C21H24ClN3O2. The van der Waals surface area contributed by atoms with Crippen LogP contribution in [-0.4, -0.2) is 30.6 Å². The van der Waals surface area contributed by atoms with Gasteiger partial charge in [0.15, 0.2) is 0 Å². The highest BCUT2D eigenvalue weighted by molar-refractivity contribution is 6.30. The van der Waals surface area contributed by atoms with E-state index in [1.165, 1.54) is 5.56 Å². The molecule has 6 heteroatoms. The van der Waals surface area contributed by atoms with Gasteiger partial charge in [-0.2, -0.15) is 0 Å². The Balaban J connectivity index is 1.45. The van der Waals surface area contributed by atoms with Crippen LogP contribution < -0.4 is 15.5 Å². The Bertz CT molecular complexity index is 780. The number of carbonyl (C=O) groups excluding carboxylic acids is 2. The summed E-state index contributed by atoms with van der Waals surface area (Å²) in [6, 6.07) is 17.0. The van der Waals surface area contributed by atoms with Crippen LogP contribution in [0.15, 0.2) is 54.6 Å². The van der Waals surface area contributed by atoms with Crippen molar-refractivity contribution < 1.29 is 9.59 Å². The van der Waals surface area contributed by atoms with E-state index in [4.69, 9.17) is 11.6 Å². The van der Waals surface area contributed by atoms with Gasteiger partial charge < -0.3 is 15.5 Å². The van der Waals surface area contributed by atoms with Gasteiger partial charge in [0.1, 0.15) is 0 Å². The third-order valence-electron chi connectivity index (χ3n) is 4.68. The molecule has 2 atom stereocenters. The van der Waals surface area contributed by atoms with Crippen molar-refractivity contribution in [3.63, 3.8) is 0 Å². The van der Waals surface area contributed by atoms with Crippen molar-refractivity contribution in [2.24, 2.45) is 0 Å². The molecule has 27 heavy (non-hydrogen) atoms. The van der Waals surface area contributed by atoms with E-state index < -0.39 is 0 Å². The normalized spacial score (nSPS) is 17.6. The number of carbonyl (C=O) groups is 2. The molecular weight excluding hydrogens is 362 g/mol. The highest BCUT2D eigenvalue weighted by Crippen LogP contribution is 2.23. The molecule has 3 rings (SSSR count). The van der Waals surface area contributed by atoms with Gasteiger partial charge in [0.2, 0.25) is 5.91 Å². The van der Waals surface area contributed by atoms with Gasteiger partial charge in [0.25, 0.3) is 0 Å². The van der Waals surface area contributed by atoms with Gasteiger partial charge in [-0.05, 0) is 49.6 Å². The summed E-state index contributed by atoms with van der Waals surface area (Å²) >= 11 is 5.90. The molecule has 5 nitrogen and oxygen atoms in total. The molecule has 1 aliphatic rings. The van der Waals surface area contributed by atoms with Gasteiger partial charge in [-0.1, -0.05) is 41.9 Å². The number of halogens is 1. The maximum Gasteiger partial charge on any atom is 0.315 e. The van der Waals surface area contributed by atoms with E-state index in [1.54, 1.807) is 17.0 Å². The first-order valence-corrected chi connectivity index (χ1v) is 9.56. The molecule has 0 unspecified atom stereocenters. The Kier molecular flexibility index (Phi) is 6.35. The molecule has 2 aromatic rings. The van der Waals surface area contributed by atoms with Crippen LogP contribution in [0.4, 0.5) is 10.5 Å². The fourth-order valence-corrected chi connectivity index (χ4v) is 3.35. The van der Waals surface area contributed by atoms with E-state index in [-0.39, 0.29) is 24.0 Å². The minimum Gasteiger partial charge on any atom is -0.336 e. The molecule has 142 valence electrons. The molecule has 0 radical (unpaired) electrons. The maximum absolute atomic E-state index is 12.3. The number of aryl methyl sites for hydroxylation is 1. The van der Waals surface area contributed by atoms with Crippen LogP contribution in [0.5, 0.6) is 0 Å². The monoisotopic (exact) mass is 385 g/mol. The number of urea groups is 1. The van der Waals surface area contributed by atoms with Crippen molar-refractivity contribution >= 4 is 29.2 Å². The van der Waals surface area contributed by atoms with Crippen LogP contribution in [0.25, 0.3) is 0 Å². The van der Waals surface area contributed by atoms with Gasteiger partial charge in [-0.15, -0.1) is 0 Å². The van der Waals surface area contributed by atoms with Gasteiger partial charge in [-0.25, -0.2) is 4.79 Å². The molecule has 2 N–H and O–H groups in total. The van der Waals surface area contributed by atoms with Crippen molar-refractivity contribution in [3.8, 4) is 0 Å². The van der Waals surface area contributed by atoms with E-state index in [0.717, 1.165) is 18.5 Å². The zero-order chi connectivity index (χ0) is 19.2. The minimum absolute atomic E-state index is 0.000233. The quantitative estimate of drug-likeness (QED) is 0.795. The standard InChI is InChI=1S/C21H24ClN3O2/c1-15(7-8-16-5-3-2-4-6-16)23-21(27)24-18-13-20(26)25(14-18)19-11-9-17(22)10-12-19/h2-6,9-12,15,18H,7-8,13-14H2,1H3,(H2,23,24,27)/t15-,18-/m0/s1. The average molecular weight is 386 g/mol. The van der Waals surface area contributed by atoms with Crippen molar-refractivity contribution in [2.45, 2.75) is 38.3 Å². The van der Waals surface area contributed by atoms with Crippen LogP contribution in [0.2, 0.25) is 5.02 Å².